The van der Waals surface area contributed by atoms with Gasteiger partial charge in [-0.25, -0.2) is 8.42 Å². The Bertz CT molecular complexity index is 1350. The minimum Gasteiger partial charge on any atom is -0.453 e. The van der Waals surface area contributed by atoms with Gasteiger partial charge in [0.1, 0.15) is 11.3 Å². The summed E-state index contributed by atoms with van der Waals surface area (Å²) in [7, 11) is -3.52. The molecule has 0 unspecified atom stereocenters. The summed E-state index contributed by atoms with van der Waals surface area (Å²) >= 11 is 0. The molecular weight excluding hydrogens is 442 g/mol. The van der Waals surface area contributed by atoms with E-state index >= 15 is 0 Å². The lowest BCUT2D eigenvalue weighted by atomic mass is 10.2. The molecule has 33 heavy (non-hydrogen) atoms. The Morgan fingerprint density at radius 3 is 2.48 bits per heavy atom. The molecule has 3 heterocycles. The van der Waals surface area contributed by atoms with Crippen molar-refractivity contribution in [2.24, 2.45) is 0 Å². The summed E-state index contributed by atoms with van der Waals surface area (Å²) in [5.41, 5.74) is 1.67. The van der Waals surface area contributed by atoms with Crippen LogP contribution in [0.1, 0.15) is 35.3 Å². The van der Waals surface area contributed by atoms with Gasteiger partial charge in [-0.05, 0) is 49.2 Å². The fourth-order valence-corrected chi connectivity index (χ4v) is 5.44. The Morgan fingerprint density at radius 2 is 1.73 bits per heavy atom. The number of amides is 1. The maximum absolute atomic E-state index is 12.8. The monoisotopic (exact) mass is 465 g/mol. The molecule has 0 aliphatic carbocycles. The molecule has 1 amide bonds. The van der Waals surface area contributed by atoms with Gasteiger partial charge in [0.15, 0.2) is 5.76 Å². The minimum absolute atomic E-state index is 0.163. The molecule has 0 bridgehead atoms. The number of fused-ring (bicyclic) bond motifs is 1. The number of sulfonamides is 1. The Hall–Kier alpha value is -3.43. The fraction of sp³-hybridized carbons (Fsp3) is 0.250. The largest absolute Gasteiger partial charge is 0.453 e. The number of carbonyl (C=O) groups is 1. The number of rotatable bonds is 6. The number of nitrogens with zero attached hydrogens (tertiary/aromatic N) is 2. The summed E-state index contributed by atoms with van der Waals surface area (Å²) in [6.45, 7) is 1.24. The molecule has 170 valence electrons. The van der Waals surface area contributed by atoms with Crippen molar-refractivity contribution in [1.82, 2.24) is 14.8 Å². The predicted molar refractivity (Wildman–Crippen MR) is 122 cm³/mol. The van der Waals surface area contributed by atoms with Gasteiger partial charge in [-0.15, -0.1) is 0 Å². The van der Waals surface area contributed by atoms with Gasteiger partial charge in [-0.2, -0.15) is 4.31 Å². The van der Waals surface area contributed by atoms with Crippen LogP contribution in [0.25, 0.3) is 22.5 Å². The third kappa shape index (κ3) is 4.42. The lowest BCUT2D eigenvalue weighted by Gasteiger charge is -2.25. The molecule has 1 aliphatic heterocycles. The Morgan fingerprint density at radius 1 is 0.970 bits per heavy atom. The van der Waals surface area contributed by atoms with Crippen molar-refractivity contribution in [1.29, 1.82) is 0 Å². The van der Waals surface area contributed by atoms with E-state index in [0.29, 0.717) is 35.9 Å². The van der Waals surface area contributed by atoms with Crippen molar-refractivity contribution in [3.63, 3.8) is 0 Å². The van der Waals surface area contributed by atoms with Crippen LogP contribution in [-0.2, 0) is 16.6 Å². The van der Waals surface area contributed by atoms with Crippen molar-refractivity contribution >= 4 is 26.9 Å². The second-order valence-corrected chi connectivity index (χ2v) is 9.94. The molecule has 2 aromatic carbocycles. The fourth-order valence-electron chi connectivity index (χ4n) is 3.92. The van der Waals surface area contributed by atoms with Crippen LogP contribution in [0.4, 0.5) is 0 Å². The normalized spacial score (nSPS) is 15.0. The van der Waals surface area contributed by atoms with Crippen LogP contribution in [0, 0.1) is 0 Å². The molecule has 4 aromatic rings. The van der Waals surface area contributed by atoms with Crippen LogP contribution in [-0.4, -0.2) is 36.9 Å². The molecule has 1 aliphatic rings. The van der Waals surface area contributed by atoms with E-state index in [-0.39, 0.29) is 17.3 Å². The van der Waals surface area contributed by atoms with Gasteiger partial charge < -0.3 is 14.3 Å². The van der Waals surface area contributed by atoms with Gasteiger partial charge >= 0.3 is 0 Å². The maximum atomic E-state index is 12.8. The van der Waals surface area contributed by atoms with Gasteiger partial charge in [-0.1, -0.05) is 29.8 Å². The van der Waals surface area contributed by atoms with E-state index in [1.807, 2.05) is 30.3 Å². The second kappa shape index (κ2) is 8.84. The minimum atomic E-state index is -3.52. The standard InChI is InChI=1S/C24H23N3O5S/c28-24(17-8-10-20(11-9-17)33(29,30)27-12-4-1-5-13-27)25-16-19-15-23(32-26-19)22-14-18-6-2-3-7-21(18)31-22/h2-3,6-11,14-15H,1,4-5,12-13,16H2,(H,25,28). The second-order valence-electron chi connectivity index (χ2n) is 8.00. The van der Waals surface area contributed by atoms with Crippen molar-refractivity contribution in [3.05, 3.63) is 71.9 Å². The number of para-hydroxylation sites is 1. The molecule has 0 spiro atoms. The smallest absolute Gasteiger partial charge is 0.251 e. The Labute approximate surface area is 191 Å². The average Bonchev–Trinajstić information content (AvgIpc) is 3.50. The van der Waals surface area contributed by atoms with E-state index in [2.05, 4.69) is 10.5 Å². The van der Waals surface area contributed by atoms with E-state index in [4.69, 9.17) is 8.94 Å². The van der Waals surface area contributed by atoms with Crippen LogP contribution in [0.2, 0.25) is 0 Å². The third-order valence-electron chi connectivity index (χ3n) is 5.73. The highest BCUT2D eigenvalue weighted by Gasteiger charge is 2.26. The van der Waals surface area contributed by atoms with Crippen molar-refractivity contribution in [3.8, 4) is 11.5 Å². The zero-order valence-corrected chi connectivity index (χ0v) is 18.7. The zero-order valence-electron chi connectivity index (χ0n) is 17.9. The highest BCUT2D eigenvalue weighted by atomic mass is 32.2. The summed E-state index contributed by atoms with van der Waals surface area (Å²) in [6.07, 6.45) is 2.80. The maximum Gasteiger partial charge on any atom is 0.251 e. The zero-order chi connectivity index (χ0) is 22.8. The summed E-state index contributed by atoms with van der Waals surface area (Å²) in [4.78, 5) is 12.7. The predicted octanol–water partition coefficient (Wildman–Crippen LogP) is 4.19. The van der Waals surface area contributed by atoms with Gasteiger partial charge in [0.2, 0.25) is 15.8 Å². The van der Waals surface area contributed by atoms with Gasteiger partial charge in [0.25, 0.3) is 5.91 Å². The van der Waals surface area contributed by atoms with E-state index in [0.717, 1.165) is 30.2 Å². The summed E-state index contributed by atoms with van der Waals surface area (Å²) in [5, 5.41) is 7.73. The third-order valence-corrected chi connectivity index (χ3v) is 7.64. The van der Waals surface area contributed by atoms with Gasteiger partial charge in [0, 0.05) is 30.1 Å². The molecule has 1 fully saturated rings. The molecule has 5 rings (SSSR count). The molecule has 9 heteroatoms. The van der Waals surface area contributed by atoms with Gasteiger partial charge in [0.05, 0.1) is 11.4 Å². The Balaban J connectivity index is 1.22. The molecule has 1 saturated heterocycles. The van der Waals surface area contributed by atoms with E-state index in [9.17, 15) is 13.2 Å². The number of aromatic nitrogens is 1. The lowest BCUT2D eigenvalue weighted by molar-refractivity contribution is 0.0950. The number of hydrogen-bond donors (Lipinski definition) is 1. The molecule has 2 aromatic heterocycles. The first kappa shape index (κ1) is 21.4. The molecule has 0 saturated carbocycles. The number of furan rings is 1. The SMILES string of the molecule is O=C(NCc1cc(-c2cc3ccccc3o2)on1)c1ccc(S(=O)(=O)N2CCCCC2)cc1. The summed E-state index contributed by atoms with van der Waals surface area (Å²) in [5.74, 6) is 0.708. The number of hydrogen-bond acceptors (Lipinski definition) is 6. The first-order valence-electron chi connectivity index (χ1n) is 10.8. The molecule has 0 radical (unpaired) electrons. The topological polar surface area (TPSA) is 106 Å². The first-order valence-corrected chi connectivity index (χ1v) is 12.3. The van der Waals surface area contributed by atoms with Crippen LogP contribution < -0.4 is 5.32 Å². The number of piperidine rings is 1. The number of benzene rings is 2. The summed E-state index contributed by atoms with van der Waals surface area (Å²) in [6, 6.07) is 17.2. The van der Waals surface area contributed by atoms with E-state index < -0.39 is 10.0 Å². The average molecular weight is 466 g/mol. The quantitative estimate of drug-likeness (QED) is 0.458. The van der Waals surface area contributed by atoms with Crippen LogP contribution in [0.3, 0.4) is 0 Å². The van der Waals surface area contributed by atoms with Crippen LogP contribution in [0.15, 0.2) is 74.5 Å². The molecule has 0 atom stereocenters. The molecule has 8 nitrogen and oxygen atoms in total. The highest BCUT2D eigenvalue weighted by Crippen LogP contribution is 2.28. The van der Waals surface area contributed by atoms with Crippen molar-refractivity contribution < 1.29 is 22.2 Å². The Kier molecular flexibility index (Phi) is 5.74. The van der Waals surface area contributed by atoms with Gasteiger partial charge in [-0.3, -0.25) is 4.79 Å². The number of nitrogens with one attached hydrogen (secondary N) is 1. The number of carbonyl (C=O) groups excluding carboxylic acids is 1. The first-order chi connectivity index (χ1) is 16.0. The molecular formula is C24H23N3O5S. The van der Waals surface area contributed by atoms with E-state index in [1.54, 1.807) is 6.07 Å². The van der Waals surface area contributed by atoms with E-state index in [1.165, 1.54) is 28.6 Å². The lowest BCUT2D eigenvalue weighted by Crippen LogP contribution is -2.35. The molecule has 1 N–H and O–H groups in total. The van der Waals surface area contributed by atoms with Crippen LogP contribution >= 0.6 is 0 Å². The summed E-state index contributed by atoms with van der Waals surface area (Å²) < 4.78 is 38.2. The van der Waals surface area contributed by atoms with Crippen molar-refractivity contribution in [2.45, 2.75) is 30.7 Å². The highest BCUT2D eigenvalue weighted by molar-refractivity contribution is 7.89. The van der Waals surface area contributed by atoms with Crippen molar-refractivity contribution in [2.75, 3.05) is 13.1 Å². The van der Waals surface area contributed by atoms with Crippen LogP contribution in [0.5, 0.6) is 0 Å².